The molecule has 0 atom stereocenters. The minimum Gasteiger partial charge on any atom is -0.321 e. The SMILES string of the molecule is Cc1cccnc1C(=O)Nc1ccc(C#N)c(C#N)c1. The van der Waals surface area contributed by atoms with E-state index < -0.39 is 0 Å². The third kappa shape index (κ3) is 2.63. The van der Waals surface area contributed by atoms with Gasteiger partial charge in [0.1, 0.15) is 17.8 Å². The fourth-order valence-corrected chi connectivity index (χ4v) is 1.73. The van der Waals surface area contributed by atoms with Gasteiger partial charge in [-0.2, -0.15) is 10.5 Å². The number of carbonyl (C=O) groups is 1. The first-order valence-electron chi connectivity index (χ1n) is 5.83. The summed E-state index contributed by atoms with van der Waals surface area (Å²) in [7, 11) is 0. The van der Waals surface area contributed by atoms with Gasteiger partial charge in [-0.3, -0.25) is 9.78 Å². The van der Waals surface area contributed by atoms with Crippen LogP contribution in [-0.4, -0.2) is 10.9 Å². The van der Waals surface area contributed by atoms with E-state index in [-0.39, 0.29) is 17.0 Å². The van der Waals surface area contributed by atoms with E-state index in [2.05, 4.69) is 10.3 Å². The van der Waals surface area contributed by atoms with Crippen molar-refractivity contribution in [3.63, 3.8) is 0 Å². The second-order valence-corrected chi connectivity index (χ2v) is 4.11. The summed E-state index contributed by atoms with van der Waals surface area (Å²) in [5, 5.41) is 20.4. The molecule has 0 bridgehead atoms. The van der Waals surface area contributed by atoms with Crippen LogP contribution in [0, 0.1) is 29.6 Å². The highest BCUT2D eigenvalue weighted by Crippen LogP contribution is 2.16. The number of nitrogens with one attached hydrogen (secondary N) is 1. The van der Waals surface area contributed by atoms with Gasteiger partial charge in [-0.15, -0.1) is 0 Å². The number of anilines is 1. The molecule has 1 aromatic heterocycles. The molecule has 1 N–H and O–H groups in total. The number of nitriles is 2. The van der Waals surface area contributed by atoms with Crippen LogP contribution in [0.5, 0.6) is 0 Å². The van der Waals surface area contributed by atoms with Crippen molar-refractivity contribution in [3.05, 3.63) is 58.9 Å². The normalized spacial score (nSPS) is 9.35. The van der Waals surface area contributed by atoms with Crippen LogP contribution < -0.4 is 5.32 Å². The van der Waals surface area contributed by atoms with Crippen LogP contribution in [0.2, 0.25) is 0 Å². The summed E-state index contributed by atoms with van der Waals surface area (Å²) in [5.74, 6) is -0.350. The number of aryl methyl sites for hydroxylation is 1. The molecule has 0 spiro atoms. The summed E-state index contributed by atoms with van der Waals surface area (Å²) in [6.45, 7) is 1.79. The van der Waals surface area contributed by atoms with Crippen molar-refractivity contribution in [2.24, 2.45) is 0 Å². The number of nitrogens with zero attached hydrogens (tertiary/aromatic N) is 3. The Labute approximate surface area is 116 Å². The Kier molecular flexibility index (Phi) is 3.74. The molecule has 0 unspecified atom stereocenters. The number of amides is 1. The average Bonchev–Trinajstić information content (AvgIpc) is 2.47. The van der Waals surface area contributed by atoms with E-state index in [1.165, 1.54) is 12.1 Å². The minimum absolute atomic E-state index is 0.225. The molecule has 5 heteroatoms. The van der Waals surface area contributed by atoms with E-state index in [9.17, 15) is 4.79 Å². The highest BCUT2D eigenvalue weighted by molar-refractivity contribution is 6.03. The van der Waals surface area contributed by atoms with Gasteiger partial charge in [-0.1, -0.05) is 6.07 Å². The lowest BCUT2D eigenvalue weighted by atomic mass is 10.1. The van der Waals surface area contributed by atoms with Gasteiger partial charge < -0.3 is 5.32 Å². The summed E-state index contributed by atoms with van der Waals surface area (Å²) >= 11 is 0. The lowest BCUT2D eigenvalue weighted by molar-refractivity contribution is 0.102. The fourth-order valence-electron chi connectivity index (χ4n) is 1.73. The smallest absolute Gasteiger partial charge is 0.274 e. The molecule has 0 aliphatic rings. The molecule has 0 radical (unpaired) electrons. The second kappa shape index (κ2) is 5.64. The summed E-state index contributed by atoms with van der Waals surface area (Å²) in [6, 6.07) is 11.9. The van der Waals surface area contributed by atoms with Gasteiger partial charge in [-0.05, 0) is 36.8 Å². The lowest BCUT2D eigenvalue weighted by Crippen LogP contribution is -2.15. The third-order valence-corrected chi connectivity index (χ3v) is 2.74. The monoisotopic (exact) mass is 262 g/mol. The van der Waals surface area contributed by atoms with Crippen LogP contribution in [0.25, 0.3) is 0 Å². The number of pyridine rings is 1. The molecule has 1 amide bonds. The van der Waals surface area contributed by atoms with E-state index in [1.54, 1.807) is 31.3 Å². The molecule has 96 valence electrons. The average molecular weight is 262 g/mol. The summed E-state index contributed by atoms with van der Waals surface area (Å²) in [4.78, 5) is 16.1. The predicted octanol–water partition coefficient (Wildman–Crippen LogP) is 2.39. The van der Waals surface area contributed by atoms with E-state index >= 15 is 0 Å². The molecule has 2 rings (SSSR count). The number of benzene rings is 1. The Balaban J connectivity index is 2.28. The summed E-state index contributed by atoms with van der Waals surface area (Å²) in [5.41, 5.74) is 2.05. The first kappa shape index (κ1) is 13.3. The van der Waals surface area contributed by atoms with Crippen molar-refractivity contribution in [3.8, 4) is 12.1 Å². The Morgan fingerprint density at radius 2 is 1.95 bits per heavy atom. The largest absolute Gasteiger partial charge is 0.321 e. The molecular formula is C15H10N4O. The van der Waals surface area contributed by atoms with Crippen LogP contribution in [0.1, 0.15) is 27.2 Å². The zero-order chi connectivity index (χ0) is 14.5. The Hall–Kier alpha value is -3.18. The summed E-state index contributed by atoms with van der Waals surface area (Å²) < 4.78 is 0. The van der Waals surface area contributed by atoms with Gasteiger partial charge in [0, 0.05) is 11.9 Å². The molecule has 5 nitrogen and oxygen atoms in total. The van der Waals surface area contributed by atoms with Gasteiger partial charge in [0.2, 0.25) is 0 Å². The zero-order valence-corrected chi connectivity index (χ0v) is 10.7. The minimum atomic E-state index is -0.350. The van der Waals surface area contributed by atoms with E-state index in [4.69, 9.17) is 10.5 Å². The van der Waals surface area contributed by atoms with Gasteiger partial charge >= 0.3 is 0 Å². The quantitative estimate of drug-likeness (QED) is 0.899. The second-order valence-electron chi connectivity index (χ2n) is 4.11. The summed E-state index contributed by atoms with van der Waals surface area (Å²) in [6.07, 6.45) is 1.54. The van der Waals surface area contributed by atoms with Crippen LogP contribution in [0.4, 0.5) is 5.69 Å². The van der Waals surface area contributed by atoms with Crippen molar-refractivity contribution in [2.75, 3.05) is 5.32 Å². The number of hydrogen-bond donors (Lipinski definition) is 1. The number of carbonyl (C=O) groups excluding carboxylic acids is 1. The Morgan fingerprint density at radius 1 is 1.20 bits per heavy atom. The maximum atomic E-state index is 12.1. The Morgan fingerprint density at radius 3 is 2.60 bits per heavy atom. The van der Waals surface area contributed by atoms with Gasteiger partial charge in [0.05, 0.1) is 11.1 Å². The van der Waals surface area contributed by atoms with E-state index in [0.717, 1.165) is 5.56 Å². The standard InChI is InChI=1S/C15H10N4O/c1-10-3-2-6-18-14(10)15(20)19-13-5-4-11(8-16)12(7-13)9-17/h2-7H,1H3,(H,19,20). The molecule has 2 aromatic rings. The zero-order valence-electron chi connectivity index (χ0n) is 10.7. The number of aromatic nitrogens is 1. The number of hydrogen-bond acceptors (Lipinski definition) is 4. The fraction of sp³-hybridized carbons (Fsp3) is 0.0667. The molecule has 1 aromatic carbocycles. The molecule has 0 saturated carbocycles. The molecule has 0 fully saturated rings. The topological polar surface area (TPSA) is 89.6 Å². The van der Waals surface area contributed by atoms with Crippen molar-refractivity contribution in [2.45, 2.75) is 6.92 Å². The first-order valence-corrected chi connectivity index (χ1v) is 5.83. The van der Waals surface area contributed by atoms with Crippen LogP contribution in [-0.2, 0) is 0 Å². The molecule has 0 aliphatic heterocycles. The maximum Gasteiger partial charge on any atom is 0.274 e. The van der Waals surface area contributed by atoms with Crippen LogP contribution >= 0.6 is 0 Å². The lowest BCUT2D eigenvalue weighted by Gasteiger charge is -2.07. The molecule has 0 saturated heterocycles. The van der Waals surface area contributed by atoms with Crippen molar-refractivity contribution in [1.29, 1.82) is 10.5 Å². The third-order valence-electron chi connectivity index (χ3n) is 2.74. The van der Waals surface area contributed by atoms with Crippen molar-refractivity contribution < 1.29 is 4.79 Å². The Bertz CT molecular complexity index is 753. The predicted molar refractivity (Wildman–Crippen MR) is 72.8 cm³/mol. The first-order chi connectivity index (χ1) is 9.65. The molecule has 0 aliphatic carbocycles. The molecule has 1 heterocycles. The molecular weight excluding hydrogens is 252 g/mol. The number of rotatable bonds is 2. The van der Waals surface area contributed by atoms with Crippen LogP contribution in [0.15, 0.2) is 36.5 Å². The van der Waals surface area contributed by atoms with Crippen molar-refractivity contribution >= 4 is 11.6 Å². The van der Waals surface area contributed by atoms with Crippen LogP contribution in [0.3, 0.4) is 0 Å². The van der Waals surface area contributed by atoms with Gasteiger partial charge in [0.25, 0.3) is 5.91 Å². The maximum absolute atomic E-state index is 12.1. The molecule has 20 heavy (non-hydrogen) atoms. The van der Waals surface area contributed by atoms with E-state index in [1.807, 2.05) is 12.1 Å². The highest BCUT2D eigenvalue weighted by atomic mass is 16.1. The van der Waals surface area contributed by atoms with Crippen molar-refractivity contribution in [1.82, 2.24) is 4.98 Å². The van der Waals surface area contributed by atoms with E-state index in [0.29, 0.717) is 11.4 Å². The highest BCUT2D eigenvalue weighted by Gasteiger charge is 2.11. The van der Waals surface area contributed by atoms with Gasteiger partial charge in [0.15, 0.2) is 0 Å². The van der Waals surface area contributed by atoms with Gasteiger partial charge in [-0.25, -0.2) is 0 Å².